The summed E-state index contributed by atoms with van der Waals surface area (Å²) in [6.07, 6.45) is 0. The molecule has 18 heavy (non-hydrogen) atoms. The largest absolute Gasteiger partial charge is 0.476 e. The Morgan fingerprint density at radius 3 is 2.72 bits per heavy atom. The third-order valence-corrected chi connectivity index (χ3v) is 3.02. The number of carboxylic acid groups (broad SMARTS) is 1. The van der Waals surface area contributed by atoms with Crippen LogP contribution in [0.15, 0.2) is 17.5 Å². The second-order valence-electron chi connectivity index (χ2n) is 3.21. The summed E-state index contributed by atoms with van der Waals surface area (Å²) >= 11 is 6.64. The minimum Gasteiger partial charge on any atom is -0.476 e. The van der Waals surface area contributed by atoms with Gasteiger partial charge in [0.25, 0.3) is 0 Å². The monoisotopic (exact) mass is 290 g/mol. The Kier molecular flexibility index (Phi) is 3.44. The van der Waals surface area contributed by atoms with Crippen LogP contribution in [0.3, 0.4) is 0 Å². The van der Waals surface area contributed by atoms with Gasteiger partial charge in [-0.1, -0.05) is 11.6 Å². The van der Waals surface area contributed by atoms with E-state index in [0.29, 0.717) is 6.07 Å². The van der Waals surface area contributed by atoms with Crippen LogP contribution in [-0.4, -0.2) is 16.1 Å². The van der Waals surface area contributed by atoms with Crippen molar-refractivity contribution in [1.82, 2.24) is 4.98 Å². The highest BCUT2D eigenvalue weighted by Crippen LogP contribution is 2.30. The minimum absolute atomic E-state index is 0.149. The van der Waals surface area contributed by atoms with Gasteiger partial charge in [0, 0.05) is 11.4 Å². The van der Waals surface area contributed by atoms with Gasteiger partial charge in [0.2, 0.25) is 0 Å². The summed E-state index contributed by atoms with van der Waals surface area (Å²) < 4.78 is 26.3. The molecule has 8 heteroatoms. The molecule has 0 aliphatic carbocycles. The number of nitrogens with one attached hydrogen (secondary N) is 1. The summed E-state index contributed by atoms with van der Waals surface area (Å²) in [4.78, 5) is 14.3. The number of aromatic carboxylic acids is 1. The van der Waals surface area contributed by atoms with Gasteiger partial charge < -0.3 is 10.4 Å². The van der Waals surface area contributed by atoms with Gasteiger partial charge in [-0.15, -0.1) is 11.3 Å². The summed E-state index contributed by atoms with van der Waals surface area (Å²) in [6, 6.07) is 1.61. The van der Waals surface area contributed by atoms with Crippen molar-refractivity contribution >= 4 is 39.7 Å². The first-order valence-corrected chi connectivity index (χ1v) is 5.83. The van der Waals surface area contributed by atoms with Crippen molar-refractivity contribution in [2.24, 2.45) is 0 Å². The molecule has 0 amide bonds. The Hall–Kier alpha value is -1.73. The average molecular weight is 291 g/mol. The maximum atomic E-state index is 13.4. The Morgan fingerprint density at radius 1 is 1.44 bits per heavy atom. The predicted octanol–water partition coefficient (Wildman–Crippen LogP) is 3.52. The fourth-order valence-electron chi connectivity index (χ4n) is 1.20. The number of hydrogen-bond donors (Lipinski definition) is 2. The second kappa shape index (κ2) is 4.87. The molecule has 0 fully saturated rings. The number of halogens is 3. The van der Waals surface area contributed by atoms with E-state index in [1.165, 1.54) is 5.38 Å². The molecule has 0 saturated carbocycles. The molecule has 1 aromatic heterocycles. The van der Waals surface area contributed by atoms with Crippen LogP contribution < -0.4 is 5.32 Å². The zero-order valence-corrected chi connectivity index (χ0v) is 10.1. The normalized spacial score (nSPS) is 10.4. The Balaban J connectivity index is 2.31. The van der Waals surface area contributed by atoms with E-state index in [4.69, 9.17) is 16.7 Å². The first kappa shape index (κ1) is 12.7. The fourth-order valence-corrected chi connectivity index (χ4v) is 2.13. The summed E-state index contributed by atoms with van der Waals surface area (Å²) in [5.41, 5.74) is -0.314. The maximum absolute atomic E-state index is 13.4. The number of rotatable bonds is 3. The van der Waals surface area contributed by atoms with Crippen LogP contribution in [0.5, 0.6) is 0 Å². The molecule has 94 valence electrons. The van der Waals surface area contributed by atoms with Gasteiger partial charge in [-0.3, -0.25) is 0 Å². The lowest BCUT2D eigenvalue weighted by atomic mass is 10.3. The van der Waals surface area contributed by atoms with E-state index in [1.807, 2.05) is 0 Å². The second-order valence-corrected chi connectivity index (χ2v) is 4.48. The van der Waals surface area contributed by atoms with E-state index < -0.39 is 17.6 Å². The first-order chi connectivity index (χ1) is 8.47. The highest BCUT2D eigenvalue weighted by molar-refractivity contribution is 7.14. The van der Waals surface area contributed by atoms with Crippen LogP contribution in [-0.2, 0) is 0 Å². The molecular weight excluding hydrogens is 286 g/mol. The van der Waals surface area contributed by atoms with E-state index >= 15 is 0 Å². The van der Waals surface area contributed by atoms with E-state index in [0.717, 1.165) is 17.4 Å². The molecule has 0 bridgehead atoms. The number of thiazole rings is 1. The summed E-state index contributed by atoms with van der Waals surface area (Å²) in [5, 5.41) is 12.5. The van der Waals surface area contributed by atoms with Crippen molar-refractivity contribution in [1.29, 1.82) is 0 Å². The number of aromatic nitrogens is 1. The van der Waals surface area contributed by atoms with Crippen LogP contribution in [0.1, 0.15) is 10.5 Å². The molecular formula is C10H5ClF2N2O2S. The molecule has 0 aliphatic rings. The molecule has 0 aliphatic heterocycles. The smallest absolute Gasteiger partial charge is 0.355 e. The predicted molar refractivity (Wildman–Crippen MR) is 63.7 cm³/mol. The average Bonchev–Trinajstić information content (AvgIpc) is 2.71. The molecule has 2 N–H and O–H groups in total. The van der Waals surface area contributed by atoms with Crippen molar-refractivity contribution in [2.45, 2.75) is 0 Å². The lowest BCUT2D eigenvalue weighted by Crippen LogP contribution is -1.99. The summed E-state index contributed by atoms with van der Waals surface area (Å²) in [7, 11) is 0. The third kappa shape index (κ3) is 2.57. The van der Waals surface area contributed by atoms with Crippen molar-refractivity contribution in [3.8, 4) is 0 Å². The van der Waals surface area contributed by atoms with E-state index in [-0.39, 0.29) is 21.5 Å². The zero-order chi connectivity index (χ0) is 13.3. The van der Waals surface area contributed by atoms with Crippen LogP contribution in [0.25, 0.3) is 0 Å². The van der Waals surface area contributed by atoms with Crippen molar-refractivity contribution < 1.29 is 18.7 Å². The Bertz CT molecular complexity index is 595. The maximum Gasteiger partial charge on any atom is 0.355 e. The molecule has 0 atom stereocenters. The molecule has 0 spiro atoms. The number of benzene rings is 1. The molecule has 1 aromatic carbocycles. The quantitative estimate of drug-likeness (QED) is 0.908. The molecule has 4 nitrogen and oxygen atoms in total. The molecule has 0 unspecified atom stereocenters. The van der Waals surface area contributed by atoms with Gasteiger partial charge in [-0.2, -0.15) is 0 Å². The van der Waals surface area contributed by atoms with Crippen molar-refractivity contribution in [3.05, 3.63) is 39.9 Å². The lowest BCUT2D eigenvalue weighted by Gasteiger charge is -2.06. The Labute approximate surface area is 109 Å². The van der Waals surface area contributed by atoms with E-state index in [9.17, 15) is 13.6 Å². The minimum atomic E-state index is -1.19. The number of carboxylic acids is 1. The van der Waals surface area contributed by atoms with E-state index in [2.05, 4.69) is 10.3 Å². The standard InChI is InChI=1S/C10H5ClF2N2O2S/c11-5-1-4(12)2-6(13)8(5)15-10-14-7(3-18-10)9(16)17/h1-3H,(H,14,15)(H,16,17). The molecule has 0 saturated heterocycles. The summed E-state index contributed by atoms with van der Waals surface area (Å²) in [6.45, 7) is 0. The number of hydrogen-bond acceptors (Lipinski definition) is 4. The third-order valence-electron chi connectivity index (χ3n) is 1.96. The zero-order valence-electron chi connectivity index (χ0n) is 8.58. The molecule has 2 rings (SSSR count). The van der Waals surface area contributed by atoms with Crippen molar-refractivity contribution in [2.75, 3.05) is 5.32 Å². The highest BCUT2D eigenvalue weighted by atomic mass is 35.5. The highest BCUT2D eigenvalue weighted by Gasteiger charge is 2.13. The van der Waals surface area contributed by atoms with Gasteiger partial charge in [0.1, 0.15) is 5.82 Å². The molecule has 2 aromatic rings. The van der Waals surface area contributed by atoms with E-state index in [1.54, 1.807) is 0 Å². The number of carbonyl (C=O) groups is 1. The van der Waals surface area contributed by atoms with Crippen LogP contribution in [0, 0.1) is 11.6 Å². The SMILES string of the molecule is O=C(O)c1csc(Nc2c(F)cc(F)cc2Cl)n1. The van der Waals surface area contributed by atoms with Crippen LogP contribution in [0.2, 0.25) is 5.02 Å². The van der Waals surface area contributed by atoms with Crippen LogP contribution in [0.4, 0.5) is 19.6 Å². The number of anilines is 2. The van der Waals surface area contributed by atoms with Crippen LogP contribution >= 0.6 is 22.9 Å². The first-order valence-electron chi connectivity index (χ1n) is 4.58. The van der Waals surface area contributed by atoms with Gasteiger partial charge in [-0.05, 0) is 6.07 Å². The van der Waals surface area contributed by atoms with Gasteiger partial charge in [-0.25, -0.2) is 18.6 Å². The topological polar surface area (TPSA) is 62.2 Å². The summed E-state index contributed by atoms with van der Waals surface area (Å²) in [5.74, 6) is -2.87. The molecule has 0 radical (unpaired) electrons. The van der Waals surface area contributed by atoms with Crippen molar-refractivity contribution in [3.63, 3.8) is 0 Å². The van der Waals surface area contributed by atoms with Gasteiger partial charge >= 0.3 is 5.97 Å². The van der Waals surface area contributed by atoms with Gasteiger partial charge in [0.05, 0.1) is 10.7 Å². The lowest BCUT2D eigenvalue weighted by molar-refractivity contribution is 0.0691. The molecule has 1 heterocycles. The number of nitrogens with zero attached hydrogens (tertiary/aromatic N) is 1. The Morgan fingerprint density at radius 2 is 2.17 bits per heavy atom. The van der Waals surface area contributed by atoms with Gasteiger partial charge in [0.15, 0.2) is 16.6 Å². The fraction of sp³-hybridized carbons (Fsp3) is 0.